The SMILES string of the molecule is COC(=O)CO[C@@H]1[C@H](O)[C@@H](CO[Si](c2ccccc2)(c2ccccc2)C(C)(C)C)O[C@H]1n1cnc2c(N)ncnc21. The molecule has 0 radical (unpaired) electrons. The lowest BCUT2D eigenvalue weighted by atomic mass is 10.1. The first-order valence-corrected chi connectivity index (χ1v) is 15.3. The highest BCUT2D eigenvalue weighted by atomic mass is 28.4. The van der Waals surface area contributed by atoms with Crippen molar-refractivity contribution in [1.82, 2.24) is 19.5 Å². The van der Waals surface area contributed by atoms with Crippen LogP contribution in [0.2, 0.25) is 5.04 Å². The Labute approximate surface area is 239 Å². The number of aliphatic hydroxyl groups excluding tert-OH is 1. The fraction of sp³-hybridized carbons (Fsp3) is 0.379. The molecule has 0 amide bonds. The van der Waals surface area contributed by atoms with Crippen LogP contribution in [0.15, 0.2) is 73.3 Å². The molecule has 2 aromatic carbocycles. The Hall–Kier alpha value is -3.68. The van der Waals surface area contributed by atoms with Gasteiger partial charge in [-0.3, -0.25) is 4.57 Å². The number of ether oxygens (including phenoxy) is 3. The number of hydrogen-bond donors (Lipinski definition) is 2. The van der Waals surface area contributed by atoms with Crippen LogP contribution in [0.4, 0.5) is 5.82 Å². The number of aliphatic hydroxyl groups is 1. The third kappa shape index (κ3) is 5.36. The Balaban J connectivity index is 1.50. The van der Waals surface area contributed by atoms with E-state index in [-0.39, 0.29) is 24.1 Å². The number of benzene rings is 2. The Bertz CT molecular complexity index is 1440. The zero-order chi connectivity index (χ0) is 29.2. The summed E-state index contributed by atoms with van der Waals surface area (Å²) in [6.45, 7) is 6.24. The summed E-state index contributed by atoms with van der Waals surface area (Å²) in [6, 6.07) is 20.4. The van der Waals surface area contributed by atoms with Gasteiger partial charge in [-0.2, -0.15) is 0 Å². The van der Waals surface area contributed by atoms with Gasteiger partial charge in [0, 0.05) is 0 Å². The predicted molar refractivity (Wildman–Crippen MR) is 155 cm³/mol. The van der Waals surface area contributed by atoms with E-state index in [0.717, 1.165) is 10.4 Å². The number of rotatable bonds is 9. The van der Waals surface area contributed by atoms with Gasteiger partial charge < -0.3 is 29.5 Å². The molecule has 4 atom stereocenters. The summed E-state index contributed by atoms with van der Waals surface area (Å²) in [5, 5.41) is 13.5. The highest BCUT2D eigenvalue weighted by molar-refractivity contribution is 6.99. The standard InChI is InChI=1S/C29H35N5O6Si/c1-29(2,3)41(19-11-7-5-8-12-19,20-13-9-6-10-14-20)39-15-21-24(36)25(38-16-22(35)37-4)28(40-21)34-18-33-23-26(30)31-17-32-27(23)34/h5-14,17-18,21,24-25,28,36H,15-16H2,1-4H3,(H2,30,31,32)/t21-,24-,25-,28-/m1/s1. The number of nitrogens with zero attached hydrogens (tertiary/aromatic N) is 4. The number of aromatic nitrogens is 4. The van der Waals surface area contributed by atoms with Gasteiger partial charge in [-0.05, 0) is 15.4 Å². The molecule has 4 aromatic rings. The molecule has 1 fully saturated rings. The van der Waals surface area contributed by atoms with Crippen molar-refractivity contribution in [3.8, 4) is 0 Å². The lowest BCUT2D eigenvalue weighted by molar-refractivity contribution is -0.152. The molecule has 0 unspecified atom stereocenters. The normalized spacial score (nSPS) is 21.3. The molecule has 1 aliphatic rings. The minimum absolute atomic E-state index is 0.0762. The largest absolute Gasteiger partial charge is 0.467 e. The van der Waals surface area contributed by atoms with Gasteiger partial charge in [0.25, 0.3) is 8.32 Å². The van der Waals surface area contributed by atoms with Crippen LogP contribution in [0.3, 0.4) is 0 Å². The van der Waals surface area contributed by atoms with Gasteiger partial charge in [0.05, 0.1) is 20.0 Å². The molecule has 5 rings (SSSR count). The van der Waals surface area contributed by atoms with E-state index in [1.807, 2.05) is 36.4 Å². The molecule has 2 aromatic heterocycles. The van der Waals surface area contributed by atoms with Crippen LogP contribution in [0, 0.1) is 0 Å². The third-order valence-corrected chi connectivity index (χ3v) is 12.5. The summed E-state index contributed by atoms with van der Waals surface area (Å²) in [7, 11) is -1.64. The van der Waals surface area contributed by atoms with Gasteiger partial charge in [-0.1, -0.05) is 81.4 Å². The van der Waals surface area contributed by atoms with E-state index in [9.17, 15) is 9.90 Å². The average molecular weight is 578 g/mol. The van der Waals surface area contributed by atoms with E-state index in [4.69, 9.17) is 24.4 Å². The van der Waals surface area contributed by atoms with Crippen molar-refractivity contribution in [1.29, 1.82) is 0 Å². The van der Waals surface area contributed by atoms with Gasteiger partial charge in [0.15, 0.2) is 17.7 Å². The maximum absolute atomic E-state index is 11.9. The van der Waals surface area contributed by atoms with Gasteiger partial charge in [0.2, 0.25) is 0 Å². The number of imidazole rings is 1. The van der Waals surface area contributed by atoms with Crippen molar-refractivity contribution in [2.45, 2.75) is 50.3 Å². The van der Waals surface area contributed by atoms with Gasteiger partial charge in [-0.25, -0.2) is 19.7 Å². The highest BCUT2D eigenvalue weighted by Gasteiger charge is 2.53. The van der Waals surface area contributed by atoms with Crippen molar-refractivity contribution in [2.24, 2.45) is 0 Å². The van der Waals surface area contributed by atoms with E-state index in [1.54, 1.807) is 4.57 Å². The molecule has 1 saturated heterocycles. The summed E-state index contributed by atoms with van der Waals surface area (Å²) in [5.41, 5.74) is 6.80. The fourth-order valence-electron chi connectivity index (χ4n) is 5.51. The van der Waals surface area contributed by atoms with Crippen LogP contribution in [0.5, 0.6) is 0 Å². The Morgan fingerprint density at radius 1 is 1.05 bits per heavy atom. The molecule has 0 saturated carbocycles. The van der Waals surface area contributed by atoms with Crippen molar-refractivity contribution < 1.29 is 28.5 Å². The third-order valence-electron chi connectivity index (χ3n) is 7.48. The molecule has 0 aliphatic carbocycles. The first-order valence-electron chi connectivity index (χ1n) is 13.4. The number of hydrogen-bond acceptors (Lipinski definition) is 10. The second kappa shape index (κ2) is 11.7. The fourth-order valence-corrected chi connectivity index (χ4v) is 10.1. The average Bonchev–Trinajstić information content (AvgIpc) is 3.54. The topological polar surface area (TPSA) is 144 Å². The van der Waals surface area contributed by atoms with Crippen molar-refractivity contribution in [3.63, 3.8) is 0 Å². The van der Waals surface area contributed by atoms with Crippen molar-refractivity contribution in [2.75, 3.05) is 26.1 Å². The number of nitrogen functional groups attached to an aromatic ring is 1. The summed E-state index contributed by atoms with van der Waals surface area (Å²) in [4.78, 5) is 24.6. The van der Waals surface area contributed by atoms with E-state index < -0.39 is 38.8 Å². The number of esters is 1. The van der Waals surface area contributed by atoms with E-state index in [2.05, 4.69) is 60.0 Å². The molecule has 3 N–H and O–H groups in total. The van der Waals surface area contributed by atoms with Crippen LogP contribution >= 0.6 is 0 Å². The van der Waals surface area contributed by atoms with Gasteiger partial charge >= 0.3 is 5.97 Å². The van der Waals surface area contributed by atoms with Crippen LogP contribution in [0.1, 0.15) is 27.0 Å². The van der Waals surface area contributed by atoms with Gasteiger partial charge in [-0.15, -0.1) is 0 Å². The maximum atomic E-state index is 11.9. The maximum Gasteiger partial charge on any atom is 0.331 e. The summed E-state index contributed by atoms with van der Waals surface area (Å²) in [6.07, 6.45) is -0.917. The second-order valence-electron chi connectivity index (χ2n) is 11.0. The van der Waals surface area contributed by atoms with Crippen molar-refractivity contribution >= 4 is 41.6 Å². The Morgan fingerprint density at radius 2 is 1.68 bits per heavy atom. The van der Waals surface area contributed by atoms with Gasteiger partial charge in [0.1, 0.15) is 36.8 Å². The summed E-state index contributed by atoms with van der Waals surface area (Å²) >= 11 is 0. The summed E-state index contributed by atoms with van der Waals surface area (Å²) in [5.74, 6) is -0.365. The molecule has 216 valence electrons. The van der Waals surface area contributed by atoms with Crippen molar-refractivity contribution in [3.05, 3.63) is 73.3 Å². The zero-order valence-electron chi connectivity index (χ0n) is 23.5. The van der Waals surface area contributed by atoms with Crippen LogP contribution in [0.25, 0.3) is 11.2 Å². The summed E-state index contributed by atoms with van der Waals surface area (Å²) < 4.78 is 25.7. The number of fused-ring (bicyclic) bond motifs is 1. The number of carbonyl (C=O) groups excluding carboxylic acids is 1. The number of methoxy groups -OCH3 is 1. The molecule has 12 heteroatoms. The molecule has 11 nitrogen and oxygen atoms in total. The lowest BCUT2D eigenvalue weighted by Crippen LogP contribution is -2.67. The number of anilines is 1. The molecule has 3 heterocycles. The van der Waals surface area contributed by atoms with E-state index in [0.29, 0.717) is 11.2 Å². The van der Waals surface area contributed by atoms with E-state index >= 15 is 0 Å². The number of nitrogens with two attached hydrogens (primary N) is 1. The monoisotopic (exact) mass is 577 g/mol. The van der Waals surface area contributed by atoms with E-state index in [1.165, 1.54) is 19.8 Å². The first kappa shape index (κ1) is 28.8. The first-order chi connectivity index (χ1) is 19.7. The molecular weight excluding hydrogens is 542 g/mol. The van der Waals surface area contributed by atoms with Crippen LogP contribution in [-0.4, -0.2) is 77.5 Å². The highest BCUT2D eigenvalue weighted by Crippen LogP contribution is 2.39. The minimum atomic E-state index is -2.91. The Kier molecular flexibility index (Phi) is 8.20. The molecule has 0 bridgehead atoms. The second-order valence-corrected chi connectivity index (χ2v) is 15.3. The minimum Gasteiger partial charge on any atom is -0.467 e. The quantitative estimate of drug-likeness (QED) is 0.223. The zero-order valence-corrected chi connectivity index (χ0v) is 24.5. The van der Waals surface area contributed by atoms with Crippen LogP contribution in [-0.2, 0) is 23.4 Å². The predicted octanol–water partition coefficient (Wildman–Crippen LogP) is 1.80. The Morgan fingerprint density at radius 3 is 2.27 bits per heavy atom. The molecular formula is C29H35N5O6Si. The number of carbonyl (C=O) groups is 1. The van der Waals surface area contributed by atoms with Crippen LogP contribution < -0.4 is 16.1 Å². The molecule has 0 spiro atoms. The lowest BCUT2D eigenvalue weighted by Gasteiger charge is -2.43. The molecule has 41 heavy (non-hydrogen) atoms. The molecule has 1 aliphatic heterocycles. The smallest absolute Gasteiger partial charge is 0.331 e.